The van der Waals surface area contributed by atoms with Gasteiger partial charge in [0, 0.05) is 12.1 Å². The van der Waals surface area contributed by atoms with Crippen LogP contribution in [0.3, 0.4) is 0 Å². The van der Waals surface area contributed by atoms with Crippen LogP contribution in [0.5, 0.6) is 0 Å². The Labute approximate surface area is 84.4 Å². The lowest BCUT2D eigenvalue weighted by Crippen LogP contribution is -2.14. The van der Waals surface area contributed by atoms with Crippen LogP contribution >= 0.6 is 0 Å². The first-order chi connectivity index (χ1) is 6.72. The lowest BCUT2D eigenvalue weighted by molar-refractivity contribution is 0.0967. The molecule has 1 heterocycles. The molecule has 0 atom stereocenters. The van der Waals surface area contributed by atoms with Gasteiger partial charge in [-0.05, 0) is 37.3 Å². The van der Waals surface area contributed by atoms with Crippen LogP contribution in [0.25, 0.3) is 0 Å². The second kappa shape index (κ2) is 3.52. The molecule has 0 N–H and O–H groups in total. The number of fused-ring (bicyclic) bond motifs is 1. The number of carbonyl (C=O) groups is 1. The molecule has 0 radical (unpaired) electrons. The fourth-order valence-electron chi connectivity index (χ4n) is 2.04. The van der Waals surface area contributed by atoms with Gasteiger partial charge >= 0.3 is 0 Å². The first kappa shape index (κ1) is 9.38. The summed E-state index contributed by atoms with van der Waals surface area (Å²) < 4.78 is 0. The highest BCUT2D eigenvalue weighted by Crippen LogP contribution is 2.22. The van der Waals surface area contributed by atoms with E-state index in [-0.39, 0.29) is 5.78 Å². The summed E-state index contributed by atoms with van der Waals surface area (Å²) in [6.45, 7) is 4.11. The summed E-state index contributed by atoms with van der Waals surface area (Å²) in [6.07, 6.45) is 3.67. The van der Waals surface area contributed by atoms with Crippen LogP contribution in [-0.2, 0) is 12.8 Å². The third-order valence-electron chi connectivity index (χ3n) is 2.89. The van der Waals surface area contributed by atoms with E-state index in [1.807, 2.05) is 6.92 Å². The van der Waals surface area contributed by atoms with Crippen LogP contribution in [0.15, 0.2) is 6.07 Å². The minimum Gasteiger partial charge on any atom is -0.292 e. The van der Waals surface area contributed by atoms with Crippen LogP contribution in [0, 0.1) is 6.92 Å². The molecule has 0 amide bonds. The molecule has 0 saturated heterocycles. The van der Waals surface area contributed by atoms with E-state index >= 15 is 0 Å². The standard InChI is InChI=1S/C12H15NO/c1-3-9-7-10-5-4-6-11(14)12(10)13-8(9)2/h7H,3-6H2,1-2H3. The van der Waals surface area contributed by atoms with Gasteiger partial charge in [-0.1, -0.05) is 13.0 Å². The predicted molar refractivity (Wildman–Crippen MR) is 55.6 cm³/mol. The molecule has 0 aromatic carbocycles. The molecule has 74 valence electrons. The van der Waals surface area contributed by atoms with Gasteiger partial charge in [-0.2, -0.15) is 0 Å². The Morgan fingerprint density at radius 2 is 2.21 bits per heavy atom. The average molecular weight is 189 g/mol. The number of nitrogens with zero attached hydrogens (tertiary/aromatic N) is 1. The zero-order valence-electron chi connectivity index (χ0n) is 8.76. The summed E-state index contributed by atoms with van der Waals surface area (Å²) in [5.41, 5.74) is 4.18. The molecule has 2 nitrogen and oxygen atoms in total. The van der Waals surface area contributed by atoms with Gasteiger partial charge < -0.3 is 0 Å². The van der Waals surface area contributed by atoms with Gasteiger partial charge in [-0.3, -0.25) is 4.79 Å². The highest BCUT2D eigenvalue weighted by Gasteiger charge is 2.19. The van der Waals surface area contributed by atoms with Crippen molar-refractivity contribution in [2.75, 3.05) is 0 Å². The van der Waals surface area contributed by atoms with Crippen LogP contribution < -0.4 is 0 Å². The molecule has 14 heavy (non-hydrogen) atoms. The zero-order chi connectivity index (χ0) is 10.1. The van der Waals surface area contributed by atoms with Crippen LogP contribution in [0.2, 0.25) is 0 Å². The molecule has 2 rings (SSSR count). The fraction of sp³-hybridized carbons (Fsp3) is 0.500. The van der Waals surface area contributed by atoms with E-state index in [1.54, 1.807) is 0 Å². The topological polar surface area (TPSA) is 30.0 Å². The monoisotopic (exact) mass is 189 g/mol. The van der Waals surface area contributed by atoms with Gasteiger partial charge in [0.2, 0.25) is 0 Å². The Morgan fingerprint density at radius 3 is 2.93 bits per heavy atom. The van der Waals surface area contributed by atoms with Gasteiger partial charge in [0.25, 0.3) is 0 Å². The molecule has 0 saturated carbocycles. The second-order valence-corrected chi connectivity index (χ2v) is 3.87. The van der Waals surface area contributed by atoms with Crippen molar-refractivity contribution in [3.8, 4) is 0 Å². The van der Waals surface area contributed by atoms with Gasteiger partial charge in [-0.25, -0.2) is 4.98 Å². The fourth-order valence-corrected chi connectivity index (χ4v) is 2.04. The van der Waals surface area contributed by atoms with Crippen molar-refractivity contribution < 1.29 is 4.79 Å². The molecule has 0 aliphatic heterocycles. The van der Waals surface area contributed by atoms with Crippen LogP contribution in [-0.4, -0.2) is 10.8 Å². The molecule has 0 bridgehead atoms. The number of pyridine rings is 1. The summed E-state index contributed by atoms with van der Waals surface area (Å²) in [4.78, 5) is 16.0. The number of aromatic nitrogens is 1. The number of rotatable bonds is 1. The highest BCUT2D eigenvalue weighted by atomic mass is 16.1. The maximum atomic E-state index is 11.6. The molecular weight excluding hydrogens is 174 g/mol. The number of hydrogen-bond donors (Lipinski definition) is 0. The zero-order valence-corrected chi connectivity index (χ0v) is 8.76. The van der Waals surface area contributed by atoms with Crippen molar-refractivity contribution in [2.45, 2.75) is 39.5 Å². The number of aryl methyl sites for hydroxylation is 3. The second-order valence-electron chi connectivity index (χ2n) is 3.87. The highest BCUT2D eigenvalue weighted by molar-refractivity contribution is 5.96. The largest absolute Gasteiger partial charge is 0.292 e. The van der Waals surface area contributed by atoms with E-state index in [9.17, 15) is 4.79 Å². The van der Waals surface area contributed by atoms with Crippen molar-refractivity contribution in [2.24, 2.45) is 0 Å². The van der Waals surface area contributed by atoms with Gasteiger partial charge in [0.15, 0.2) is 5.78 Å². The number of ketones is 1. The van der Waals surface area contributed by atoms with Crippen molar-refractivity contribution in [3.05, 3.63) is 28.6 Å². The summed E-state index contributed by atoms with van der Waals surface area (Å²) in [5, 5.41) is 0. The van der Waals surface area contributed by atoms with E-state index in [0.717, 1.165) is 36.2 Å². The molecule has 1 aromatic heterocycles. The minimum absolute atomic E-state index is 0.219. The third kappa shape index (κ3) is 1.45. The first-order valence-electron chi connectivity index (χ1n) is 5.25. The van der Waals surface area contributed by atoms with Gasteiger partial charge in [-0.15, -0.1) is 0 Å². The Kier molecular flexibility index (Phi) is 2.36. The molecular formula is C12H15NO. The SMILES string of the molecule is CCc1cc2c(nc1C)C(=O)CCC2. The molecule has 0 fully saturated rings. The van der Waals surface area contributed by atoms with Crippen LogP contribution in [0.4, 0.5) is 0 Å². The van der Waals surface area contributed by atoms with Gasteiger partial charge in [0.05, 0.1) is 0 Å². The quantitative estimate of drug-likeness (QED) is 0.679. The van der Waals surface area contributed by atoms with E-state index in [4.69, 9.17) is 0 Å². The number of carbonyl (C=O) groups excluding carboxylic acids is 1. The Hall–Kier alpha value is -1.18. The van der Waals surface area contributed by atoms with E-state index in [2.05, 4.69) is 18.0 Å². The normalized spacial score (nSPS) is 15.4. The number of Topliss-reactive ketones (excluding diaryl/α,β-unsaturated/α-hetero) is 1. The van der Waals surface area contributed by atoms with Gasteiger partial charge in [0.1, 0.15) is 5.69 Å². The van der Waals surface area contributed by atoms with E-state index in [1.165, 1.54) is 5.56 Å². The number of hydrogen-bond acceptors (Lipinski definition) is 2. The maximum Gasteiger partial charge on any atom is 0.181 e. The summed E-state index contributed by atoms with van der Waals surface area (Å²) in [6, 6.07) is 2.16. The first-order valence-corrected chi connectivity index (χ1v) is 5.25. The Morgan fingerprint density at radius 1 is 1.43 bits per heavy atom. The Balaban J connectivity index is 2.54. The average Bonchev–Trinajstić information content (AvgIpc) is 2.19. The molecule has 1 aromatic rings. The molecule has 2 heteroatoms. The summed E-state index contributed by atoms with van der Waals surface area (Å²) >= 11 is 0. The molecule has 0 unspecified atom stereocenters. The molecule has 1 aliphatic rings. The molecule has 0 spiro atoms. The Bertz CT molecular complexity index is 382. The lowest BCUT2D eigenvalue weighted by Gasteiger charge is -2.15. The van der Waals surface area contributed by atoms with Crippen molar-refractivity contribution in [1.29, 1.82) is 0 Å². The van der Waals surface area contributed by atoms with E-state index in [0.29, 0.717) is 6.42 Å². The third-order valence-corrected chi connectivity index (χ3v) is 2.89. The van der Waals surface area contributed by atoms with E-state index < -0.39 is 0 Å². The van der Waals surface area contributed by atoms with Crippen molar-refractivity contribution in [1.82, 2.24) is 4.98 Å². The summed E-state index contributed by atoms with van der Waals surface area (Å²) in [7, 11) is 0. The predicted octanol–water partition coefficient (Wildman–Crippen LogP) is 2.47. The van der Waals surface area contributed by atoms with Crippen LogP contribution in [0.1, 0.15) is 47.1 Å². The lowest BCUT2D eigenvalue weighted by atomic mass is 9.93. The minimum atomic E-state index is 0.219. The summed E-state index contributed by atoms with van der Waals surface area (Å²) in [5.74, 6) is 0.219. The smallest absolute Gasteiger partial charge is 0.181 e. The van der Waals surface area contributed by atoms with Crippen molar-refractivity contribution >= 4 is 5.78 Å². The maximum absolute atomic E-state index is 11.6. The van der Waals surface area contributed by atoms with Crippen molar-refractivity contribution in [3.63, 3.8) is 0 Å². The molecule has 1 aliphatic carbocycles.